The Morgan fingerprint density at radius 1 is 1.44 bits per heavy atom. The van der Waals surface area contributed by atoms with Gasteiger partial charge in [-0.15, -0.1) is 0 Å². The lowest BCUT2D eigenvalue weighted by atomic mass is 10.3. The number of halogens is 3. The van der Waals surface area contributed by atoms with Gasteiger partial charge < -0.3 is 15.2 Å². The molecule has 6 heteroatoms. The number of hydrogen-bond acceptors (Lipinski definition) is 3. The van der Waals surface area contributed by atoms with Crippen molar-refractivity contribution in [3.8, 4) is 0 Å². The molecule has 1 aromatic rings. The molecular weight excluding hydrogens is 256 g/mol. The van der Waals surface area contributed by atoms with Gasteiger partial charge in [-0.2, -0.15) is 0 Å². The Morgan fingerprint density at radius 2 is 2.00 bits per heavy atom. The second kappa shape index (κ2) is 6.25. The lowest BCUT2D eigenvalue weighted by Crippen LogP contribution is -2.24. The molecule has 0 aliphatic rings. The van der Waals surface area contributed by atoms with Crippen LogP contribution < -0.4 is 5.32 Å². The van der Waals surface area contributed by atoms with Crippen molar-refractivity contribution in [3.05, 3.63) is 28.0 Å². The fraction of sp³-hybridized carbons (Fsp3) is 0.400. The molecule has 0 aliphatic carbocycles. The second-order valence-corrected chi connectivity index (χ2v) is 4.05. The van der Waals surface area contributed by atoms with Crippen LogP contribution in [0.3, 0.4) is 0 Å². The molecule has 1 atom stereocenters. The fourth-order valence-corrected chi connectivity index (χ4v) is 1.78. The van der Waals surface area contributed by atoms with E-state index in [-0.39, 0.29) is 23.2 Å². The maximum Gasteiger partial charge on any atom is 0.126 e. The van der Waals surface area contributed by atoms with Crippen LogP contribution in [0.5, 0.6) is 0 Å². The molecule has 0 spiro atoms. The van der Waals surface area contributed by atoms with E-state index in [2.05, 4.69) is 5.32 Å². The summed E-state index contributed by atoms with van der Waals surface area (Å²) >= 11 is 11.6. The highest BCUT2D eigenvalue weighted by molar-refractivity contribution is 6.39. The van der Waals surface area contributed by atoms with E-state index in [0.717, 1.165) is 12.1 Å². The third-order valence-corrected chi connectivity index (χ3v) is 2.48. The summed E-state index contributed by atoms with van der Waals surface area (Å²) in [4.78, 5) is 0. The van der Waals surface area contributed by atoms with Gasteiger partial charge in [0.15, 0.2) is 0 Å². The number of ether oxygens (including phenoxy) is 1. The lowest BCUT2D eigenvalue weighted by molar-refractivity contribution is 0.0727. The van der Waals surface area contributed by atoms with Crippen LogP contribution >= 0.6 is 23.2 Å². The van der Waals surface area contributed by atoms with Crippen LogP contribution in [-0.4, -0.2) is 31.5 Å². The number of rotatable bonds is 5. The molecule has 0 amide bonds. The Labute approximate surface area is 103 Å². The summed E-state index contributed by atoms with van der Waals surface area (Å²) in [5.41, 5.74) is 0.403. The van der Waals surface area contributed by atoms with Crippen LogP contribution in [0.15, 0.2) is 12.1 Å². The van der Waals surface area contributed by atoms with Gasteiger partial charge in [0, 0.05) is 13.7 Å². The van der Waals surface area contributed by atoms with Crippen molar-refractivity contribution in [1.82, 2.24) is 0 Å². The quantitative estimate of drug-likeness (QED) is 0.862. The van der Waals surface area contributed by atoms with E-state index in [9.17, 15) is 9.50 Å². The zero-order chi connectivity index (χ0) is 12.1. The summed E-state index contributed by atoms with van der Waals surface area (Å²) < 4.78 is 17.6. The summed E-state index contributed by atoms with van der Waals surface area (Å²) in [6.07, 6.45) is -0.679. The highest BCUT2D eigenvalue weighted by atomic mass is 35.5. The van der Waals surface area contributed by atoms with E-state index in [1.54, 1.807) is 0 Å². The first-order valence-corrected chi connectivity index (χ1v) is 5.35. The first kappa shape index (κ1) is 13.5. The zero-order valence-corrected chi connectivity index (χ0v) is 10.1. The van der Waals surface area contributed by atoms with Crippen molar-refractivity contribution in [1.29, 1.82) is 0 Å². The normalized spacial score (nSPS) is 12.6. The minimum Gasteiger partial charge on any atom is -0.389 e. The number of methoxy groups -OCH3 is 1. The fourth-order valence-electron chi connectivity index (χ4n) is 1.18. The number of nitrogens with one attached hydrogen (secondary N) is 1. The Balaban J connectivity index is 2.67. The third kappa shape index (κ3) is 3.79. The SMILES string of the molecule is COCC(O)CNc1c(Cl)cc(F)cc1Cl. The van der Waals surface area contributed by atoms with E-state index in [1.165, 1.54) is 7.11 Å². The standard InChI is InChI=1S/C10H12Cl2FNO2/c1-16-5-7(15)4-14-10-8(11)2-6(13)3-9(10)12/h2-3,7,14-15H,4-5H2,1H3. The van der Waals surface area contributed by atoms with Gasteiger partial charge >= 0.3 is 0 Å². The van der Waals surface area contributed by atoms with E-state index >= 15 is 0 Å². The Kier molecular flexibility index (Phi) is 5.28. The smallest absolute Gasteiger partial charge is 0.126 e. The van der Waals surface area contributed by atoms with Gasteiger partial charge in [-0.3, -0.25) is 0 Å². The van der Waals surface area contributed by atoms with E-state index in [0.29, 0.717) is 5.69 Å². The molecule has 0 radical (unpaired) electrons. The zero-order valence-electron chi connectivity index (χ0n) is 8.64. The Hall–Kier alpha value is -0.550. The summed E-state index contributed by atoms with van der Waals surface area (Å²) in [5, 5.41) is 12.6. The second-order valence-electron chi connectivity index (χ2n) is 3.23. The van der Waals surface area contributed by atoms with Gasteiger partial charge in [0.05, 0.1) is 28.4 Å². The van der Waals surface area contributed by atoms with Crippen molar-refractivity contribution >= 4 is 28.9 Å². The molecular formula is C10H12Cl2FNO2. The predicted molar refractivity (Wildman–Crippen MR) is 62.8 cm³/mol. The molecule has 0 aromatic heterocycles. The molecule has 1 unspecified atom stereocenters. The summed E-state index contributed by atoms with van der Waals surface area (Å²) in [5.74, 6) is -0.502. The van der Waals surface area contributed by atoms with Crippen LogP contribution in [0.25, 0.3) is 0 Å². The molecule has 0 aliphatic heterocycles. The van der Waals surface area contributed by atoms with Crippen molar-refractivity contribution in [2.24, 2.45) is 0 Å². The average molecular weight is 268 g/mol. The first-order chi connectivity index (χ1) is 7.54. The topological polar surface area (TPSA) is 41.5 Å². The highest BCUT2D eigenvalue weighted by Gasteiger charge is 2.10. The lowest BCUT2D eigenvalue weighted by Gasteiger charge is -2.14. The molecule has 3 nitrogen and oxygen atoms in total. The van der Waals surface area contributed by atoms with Gasteiger partial charge in [-0.05, 0) is 12.1 Å². The van der Waals surface area contributed by atoms with E-state index < -0.39 is 11.9 Å². The summed E-state index contributed by atoms with van der Waals surface area (Å²) in [7, 11) is 1.49. The van der Waals surface area contributed by atoms with Crippen LogP contribution in [0, 0.1) is 5.82 Å². The molecule has 16 heavy (non-hydrogen) atoms. The maximum atomic E-state index is 12.9. The van der Waals surface area contributed by atoms with Gasteiger partial charge in [0.1, 0.15) is 5.82 Å². The molecule has 2 N–H and O–H groups in total. The summed E-state index contributed by atoms with van der Waals surface area (Å²) in [6, 6.07) is 2.30. The first-order valence-electron chi connectivity index (χ1n) is 4.60. The Morgan fingerprint density at radius 3 is 2.50 bits per heavy atom. The van der Waals surface area contributed by atoms with Gasteiger partial charge in [-0.25, -0.2) is 4.39 Å². The molecule has 0 saturated carbocycles. The number of aliphatic hydroxyl groups is 1. The number of anilines is 1. The molecule has 1 rings (SSSR count). The molecule has 0 bridgehead atoms. The van der Waals surface area contributed by atoms with Crippen molar-refractivity contribution in [2.45, 2.75) is 6.10 Å². The number of benzene rings is 1. The van der Waals surface area contributed by atoms with Crippen molar-refractivity contribution < 1.29 is 14.2 Å². The molecule has 1 aromatic carbocycles. The third-order valence-electron chi connectivity index (χ3n) is 1.88. The minimum atomic E-state index is -0.679. The monoisotopic (exact) mass is 267 g/mol. The van der Waals surface area contributed by atoms with Gasteiger partial charge in [0.25, 0.3) is 0 Å². The largest absolute Gasteiger partial charge is 0.389 e. The predicted octanol–water partition coefficient (Wildman–Crippen LogP) is 2.55. The van der Waals surface area contributed by atoms with Gasteiger partial charge in [0.2, 0.25) is 0 Å². The van der Waals surface area contributed by atoms with Crippen LogP contribution in [0.4, 0.5) is 10.1 Å². The molecule has 90 valence electrons. The number of aliphatic hydroxyl groups excluding tert-OH is 1. The minimum absolute atomic E-state index is 0.176. The van der Waals surface area contributed by atoms with E-state index in [1.807, 2.05) is 0 Å². The number of hydrogen-bond donors (Lipinski definition) is 2. The molecule has 0 heterocycles. The molecule has 0 fully saturated rings. The van der Waals surface area contributed by atoms with Crippen LogP contribution in [0.2, 0.25) is 10.0 Å². The van der Waals surface area contributed by atoms with Crippen molar-refractivity contribution in [3.63, 3.8) is 0 Å². The Bertz CT molecular complexity index is 340. The average Bonchev–Trinajstić information content (AvgIpc) is 2.16. The maximum absolute atomic E-state index is 12.9. The van der Waals surface area contributed by atoms with Crippen LogP contribution in [0.1, 0.15) is 0 Å². The molecule has 0 saturated heterocycles. The summed E-state index contributed by atoms with van der Waals surface area (Å²) in [6.45, 7) is 0.419. The van der Waals surface area contributed by atoms with Crippen molar-refractivity contribution in [2.75, 3.05) is 25.6 Å². The van der Waals surface area contributed by atoms with Crippen LogP contribution in [-0.2, 0) is 4.74 Å². The van der Waals surface area contributed by atoms with E-state index in [4.69, 9.17) is 27.9 Å². The van der Waals surface area contributed by atoms with Gasteiger partial charge in [-0.1, -0.05) is 23.2 Å². The highest BCUT2D eigenvalue weighted by Crippen LogP contribution is 2.31.